The number of nitrogens with zero attached hydrogens (tertiary/aromatic N) is 3. The highest BCUT2D eigenvalue weighted by Crippen LogP contribution is 2.31. The number of hydrogen-bond donors (Lipinski definition) is 1. The summed E-state index contributed by atoms with van der Waals surface area (Å²) < 4.78 is 11.0. The van der Waals surface area contributed by atoms with Crippen LogP contribution in [-0.2, 0) is 9.53 Å². The second-order valence-electron chi connectivity index (χ2n) is 10.6. The third-order valence-corrected chi connectivity index (χ3v) is 8.40. The first-order valence-corrected chi connectivity index (χ1v) is 13.3. The van der Waals surface area contributed by atoms with Crippen LogP contribution in [0.1, 0.15) is 57.8 Å². The Morgan fingerprint density at radius 2 is 1.88 bits per heavy atom. The average Bonchev–Trinajstić information content (AvgIpc) is 3.53. The Morgan fingerprint density at radius 1 is 1.09 bits per heavy atom. The number of hydrogen-bond acceptors (Lipinski definition) is 6. The van der Waals surface area contributed by atoms with Crippen molar-refractivity contribution < 1.29 is 13.9 Å². The van der Waals surface area contributed by atoms with E-state index in [0.29, 0.717) is 24.5 Å². The van der Waals surface area contributed by atoms with Gasteiger partial charge in [-0.2, -0.15) is 0 Å². The number of pyridine rings is 1. The summed E-state index contributed by atoms with van der Waals surface area (Å²) in [5, 5.41) is 4.44. The molecule has 2 aliphatic carbocycles. The molecular weight excluding hydrogens is 428 g/mol. The van der Waals surface area contributed by atoms with Gasteiger partial charge >= 0.3 is 0 Å². The smallest absolute Gasteiger partial charge is 0.220 e. The van der Waals surface area contributed by atoms with Crippen molar-refractivity contribution in [2.75, 3.05) is 44.7 Å². The molecule has 0 unspecified atom stereocenters. The summed E-state index contributed by atoms with van der Waals surface area (Å²) in [7, 11) is 1.78. The molecule has 7 heteroatoms. The molecule has 2 atom stereocenters. The van der Waals surface area contributed by atoms with Gasteiger partial charge in [0.05, 0.1) is 17.8 Å². The van der Waals surface area contributed by atoms with Gasteiger partial charge in [-0.15, -0.1) is 0 Å². The molecule has 3 aliphatic rings. The maximum atomic E-state index is 12.5. The second kappa shape index (κ2) is 11.1. The van der Waals surface area contributed by atoms with Crippen LogP contribution in [0.2, 0.25) is 0 Å². The van der Waals surface area contributed by atoms with E-state index in [1.165, 1.54) is 25.8 Å². The van der Waals surface area contributed by atoms with E-state index in [2.05, 4.69) is 20.1 Å². The molecule has 2 saturated carbocycles. The van der Waals surface area contributed by atoms with Crippen molar-refractivity contribution in [3.05, 3.63) is 24.6 Å². The largest absolute Gasteiger partial charge is 0.464 e. The SMILES string of the molecule is CO[C@@H]1CC[C@@H](CC(=O)N[C@H]2CC[C@H](CCN3CCN(c4nccc5occc45)CC3)CC2)C1. The number of amides is 1. The van der Waals surface area contributed by atoms with Crippen LogP contribution in [0, 0.1) is 11.8 Å². The van der Waals surface area contributed by atoms with Crippen LogP contribution < -0.4 is 10.2 Å². The number of methoxy groups -OCH3 is 1. The van der Waals surface area contributed by atoms with Crippen molar-refractivity contribution >= 4 is 22.7 Å². The third-order valence-electron chi connectivity index (χ3n) is 8.40. The fourth-order valence-corrected chi connectivity index (χ4v) is 6.25. The number of nitrogens with one attached hydrogen (secondary N) is 1. The van der Waals surface area contributed by atoms with Crippen molar-refractivity contribution in [1.82, 2.24) is 15.2 Å². The molecule has 0 bridgehead atoms. The van der Waals surface area contributed by atoms with E-state index in [9.17, 15) is 4.79 Å². The molecule has 2 aromatic heterocycles. The minimum absolute atomic E-state index is 0.253. The molecule has 0 aromatic carbocycles. The first-order valence-electron chi connectivity index (χ1n) is 13.3. The number of piperazine rings is 1. The molecule has 3 fully saturated rings. The van der Waals surface area contributed by atoms with Crippen LogP contribution in [0.15, 0.2) is 29.0 Å². The maximum Gasteiger partial charge on any atom is 0.220 e. The fraction of sp³-hybridized carbons (Fsp3) is 0.704. The summed E-state index contributed by atoms with van der Waals surface area (Å²) in [6.45, 7) is 5.39. The minimum Gasteiger partial charge on any atom is -0.464 e. The van der Waals surface area contributed by atoms with Gasteiger partial charge in [0.1, 0.15) is 11.4 Å². The summed E-state index contributed by atoms with van der Waals surface area (Å²) in [6.07, 6.45) is 13.9. The highest BCUT2D eigenvalue weighted by molar-refractivity contribution is 5.88. The summed E-state index contributed by atoms with van der Waals surface area (Å²) in [6, 6.07) is 4.33. The Balaban J connectivity index is 0.981. The molecule has 7 nitrogen and oxygen atoms in total. The van der Waals surface area contributed by atoms with E-state index in [-0.39, 0.29) is 5.91 Å². The number of aromatic nitrogens is 1. The molecule has 1 amide bonds. The zero-order valence-corrected chi connectivity index (χ0v) is 20.6. The maximum absolute atomic E-state index is 12.5. The number of carbonyl (C=O) groups is 1. The molecule has 2 aromatic rings. The van der Waals surface area contributed by atoms with Gasteiger partial charge in [-0.1, -0.05) is 0 Å². The fourth-order valence-electron chi connectivity index (χ4n) is 6.25. The lowest BCUT2D eigenvalue weighted by Gasteiger charge is -2.37. The predicted molar refractivity (Wildman–Crippen MR) is 134 cm³/mol. The molecule has 1 aliphatic heterocycles. The highest BCUT2D eigenvalue weighted by Gasteiger charge is 2.28. The number of carbonyl (C=O) groups excluding carboxylic acids is 1. The van der Waals surface area contributed by atoms with E-state index in [1.54, 1.807) is 13.4 Å². The summed E-state index contributed by atoms with van der Waals surface area (Å²) in [4.78, 5) is 22.1. The first-order chi connectivity index (χ1) is 16.7. The lowest BCUT2D eigenvalue weighted by Crippen LogP contribution is -2.47. The quantitative estimate of drug-likeness (QED) is 0.626. The molecule has 5 rings (SSSR count). The topological polar surface area (TPSA) is 70.8 Å². The predicted octanol–water partition coefficient (Wildman–Crippen LogP) is 4.22. The van der Waals surface area contributed by atoms with E-state index in [0.717, 1.165) is 81.0 Å². The van der Waals surface area contributed by atoms with Gasteiger partial charge in [-0.05, 0) is 81.9 Å². The number of rotatable bonds is 8. The van der Waals surface area contributed by atoms with Gasteiger partial charge < -0.3 is 19.4 Å². The molecule has 186 valence electrons. The van der Waals surface area contributed by atoms with Crippen LogP contribution in [0.3, 0.4) is 0 Å². The number of fused-ring (bicyclic) bond motifs is 1. The normalized spacial score (nSPS) is 28.4. The Morgan fingerprint density at radius 3 is 2.65 bits per heavy atom. The Bertz CT molecular complexity index is 931. The van der Waals surface area contributed by atoms with Crippen molar-refractivity contribution in [1.29, 1.82) is 0 Å². The lowest BCUT2D eigenvalue weighted by atomic mass is 9.84. The Kier molecular flexibility index (Phi) is 7.70. The van der Waals surface area contributed by atoms with Crippen LogP contribution in [-0.4, -0.2) is 67.8 Å². The zero-order chi connectivity index (χ0) is 23.3. The number of ether oxygens (including phenoxy) is 1. The molecule has 3 heterocycles. The summed E-state index contributed by atoms with van der Waals surface area (Å²) in [5.41, 5.74) is 0.914. The van der Waals surface area contributed by atoms with Crippen molar-refractivity contribution in [2.45, 2.75) is 69.9 Å². The zero-order valence-electron chi connectivity index (χ0n) is 20.6. The van der Waals surface area contributed by atoms with Gasteiger partial charge in [0.2, 0.25) is 5.91 Å². The molecular formula is C27H40N4O3. The van der Waals surface area contributed by atoms with Crippen LogP contribution in [0.5, 0.6) is 0 Å². The number of anilines is 1. The van der Waals surface area contributed by atoms with Crippen molar-refractivity contribution in [2.24, 2.45) is 11.8 Å². The molecule has 34 heavy (non-hydrogen) atoms. The summed E-state index contributed by atoms with van der Waals surface area (Å²) in [5.74, 6) is 2.61. The van der Waals surface area contributed by atoms with Crippen molar-refractivity contribution in [3.8, 4) is 0 Å². The number of furan rings is 1. The minimum atomic E-state index is 0.253. The Hall–Kier alpha value is -2.12. The lowest BCUT2D eigenvalue weighted by molar-refractivity contribution is -0.123. The van der Waals surface area contributed by atoms with Crippen LogP contribution in [0.25, 0.3) is 11.0 Å². The first kappa shape index (κ1) is 23.6. The standard InChI is InChI=1S/C27H40N4O3/c1-33-23-7-4-21(18-23)19-26(32)29-22-5-2-20(3-6-22)9-12-30-13-15-31(16-14-30)27-24-10-17-34-25(24)8-11-28-27/h8,10-11,17,20-23H,2-7,9,12-16,18-19H2,1H3,(H,29,32)/t20-,21-,22-,23-/m1/s1. The van der Waals surface area contributed by atoms with E-state index in [4.69, 9.17) is 9.15 Å². The van der Waals surface area contributed by atoms with E-state index in [1.807, 2.05) is 18.3 Å². The second-order valence-corrected chi connectivity index (χ2v) is 10.6. The Labute approximate surface area is 203 Å². The van der Waals surface area contributed by atoms with Gasteiger partial charge in [-0.3, -0.25) is 9.69 Å². The van der Waals surface area contributed by atoms with Crippen LogP contribution in [0.4, 0.5) is 5.82 Å². The molecule has 0 spiro atoms. The summed E-state index contributed by atoms with van der Waals surface area (Å²) >= 11 is 0. The van der Waals surface area contributed by atoms with Crippen LogP contribution >= 0.6 is 0 Å². The van der Waals surface area contributed by atoms with Gasteiger partial charge in [0, 0.05) is 51.9 Å². The molecule has 1 N–H and O–H groups in total. The molecule has 1 saturated heterocycles. The van der Waals surface area contributed by atoms with E-state index >= 15 is 0 Å². The third kappa shape index (κ3) is 5.74. The van der Waals surface area contributed by atoms with Gasteiger partial charge in [0.15, 0.2) is 0 Å². The monoisotopic (exact) mass is 468 g/mol. The van der Waals surface area contributed by atoms with Gasteiger partial charge in [-0.25, -0.2) is 4.98 Å². The van der Waals surface area contributed by atoms with Gasteiger partial charge in [0.25, 0.3) is 0 Å². The highest BCUT2D eigenvalue weighted by atomic mass is 16.5. The van der Waals surface area contributed by atoms with Crippen molar-refractivity contribution in [3.63, 3.8) is 0 Å². The molecule has 0 radical (unpaired) electrons. The average molecular weight is 469 g/mol. The van der Waals surface area contributed by atoms with E-state index < -0.39 is 0 Å².